The third-order valence-corrected chi connectivity index (χ3v) is 3.32. The summed E-state index contributed by atoms with van der Waals surface area (Å²) in [6.07, 6.45) is 9.37. The molecule has 2 aromatic rings. The lowest BCUT2D eigenvalue weighted by atomic mass is 10.1. The summed E-state index contributed by atoms with van der Waals surface area (Å²) in [6, 6.07) is 2.15. The van der Waals surface area contributed by atoms with Crippen LogP contribution in [0.25, 0.3) is 5.82 Å². The molecule has 0 radical (unpaired) electrons. The van der Waals surface area contributed by atoms with Crippen LogP contribution in [0.4, 0.5) is 5.82 Å². The average molecular weight is 259 g/mol. The zero-order valence-corrected chi connectivity index (χ0v) is 10.9. The minimum Gasteiger partial charge on any atom is -0.376 e. The molecule has 0 aliphatic carbocycles. The lowest BCUT2D eigenvalue weighted by molar-refractivity contribution is 0.0995. The summed E-state index contributed by atoms with van der Waals surface area (Å²) in [5.74, 6) is 1.61. The fourth-order valence-corrected chi connectivity index (χ4v) is 2.28. The van der Waals surface area contributed by atoms with E-state index in [4.69, 9.17) is 4.74 Å². The molecule has 3 heterocycles. The van der Waals surface area contributed by atoms with E-state index in [0.717, 1.165) is 31.1 Å². The zero-order chi connectivity index (χ0) is 13.1. The predicted molar refractivity (Wildman–Crippen MR) is 71.2 cm³/mol. The van der Waals surface area contributed by atoms with Crippen LogP contribution in [0.3, 0.4) is 0 Å². The monoisotopic (exact) mass is 259 g/mol. The van der Waals surface area contributed by atoms with Crippen LogP contribution in [0.2, 0.25) is 0 Å². The first kappa shape index (κ1) is 12.1. The van der Waals surface area contributed by atoms with Crippen molar-refractivity contribution in [1.82, 2.24) is 19.5 Å². The van der Waals surface area contributed by atoms with Crippen molar-refractivity contribution in [2.24, 2.45) is 0 Å². The summed E-state index contributed by atoms with van der Waals surface area (Å²) >= 11 is 0. The van der Waals surface area contributed by atoms with Crippen molar-refractivity contribution in [3.63, 3.8) is 0 Å². The van der Waals surface area contributed by atoms with E-state index in [0.29, 0.717) is 0 Å². The topological polar surface area (TPSA) is 64.9 Å². The van der Waals surface area contributed by atoms with Gasteiger partial charge in [-0.05, 0) is 19.8 Å². The van der Waals surface area contributed by atoms with Crippen LogP contribution in [0, 0.1) is 0 Å². The lowest BCUT2D eigenvalue weighted by Gasteiger charge is -2.20. The first-order valence-corrected chi connectivity index (χ1v) is 6.51. The Kier molecular flexibility index (Phi) is 3.41. The van der Waals surface area contributed by atoms with E-state index in [1.807, 2.05) is 16.8 Å². The van der Waals surface area contributed by atoms with Crippen LogP contribution < -0.4 is 5.32 Å². The largest absolute Gasteiger partial charge is 0.376 e. The molecular formula is C13H17N5O. The predicted octanol–water partition coefficient (Wildman–Crippen LogP) is 1.64. The van der Waals surface area contributed by atoms with Crippen molar-refractivity contribution in [1.29, 1.82) is 0 Å². The number of nitrogens with zero attached hydrogens (tertiary/aromatic N) is 4. The van der Waals surface area contributed by atoms with Crippen molar-refractivity contribution in [3.8, 4) is 5.82 Å². The van der Waals surface area contributed by atoms with Gasteiger partial charge in [-0.2, -0.15) is 0 Å². The molecule has 1 fully saturated rings. The van der Waals surface area contributed by atoms with Crippen LogP contribution in [0.15, 0.2) is 31.1 Å². The van der Waals surface area contributed by atoms with Crippen LogP contribution >= 0.6 is 0 Å². The van der Waals surface area contributed by atoms with Gasteiger partial charge in [0, 0.05) is 25.1 Å². The van der Waals surface area contributed by atoms with Gasteiger partial charge in [0.1, 0.15) is 24.3 Å². The van der Waals surface area contributed by atoms with Gasteiger partial charge in [-0.15, -0.1) is 0 Å². The van der Waals surface area contributed by atoms with E-state index < -0.39 is 0 Å². The molecule has 0 amide bonds. The summed E-state index contributed by atoms with van der Waals surface area (Å²) in [7, 11) is 0. The number of aromatic nitrogens is 4. The lowest BCUT2D eigenvalue weighted by Crippen LogP contribution is -2.30. The molecule has 1 aliphatic heterocycles. The Labute approximate surface area is 111 Å². The maximum atomic E-state index is 5.67. The average Bonchev–Trinajstić information content (AvgIpc) is 3.13. The molecule has 100 valence electrons. The number of hydrogen-bond donors (Lipinski definition) is 1. The highest BCUT2D eigenvalue weighted by molar-refractivity contribution is 5.41. The van der Waals surface area contributed by atoms with Gasteiger partial charge in [0.2, 0.25) is 0 Å². The molecule has 6 heteroatoms. The van der Waals surface area contributed by atoms with Crippen LogP contribution in [-0.2, 0) is 4.74 Å². The Balaban J connectivity index is 1.72. The number of ether oxygens (including phenoxy) is 1. The summed E-state index contributed by atoms with van der Waals surface area (Å²) in [5, 5.41) is 3.38. The molecule has 1 N–H and O–H groups in total. The van der Waals surface area contributed by atoms with Crippen molar-refractivity contribution in [3.05, 3.63) is 31.1 Å². The molecule has 0 spiro atoms. The Morgan fingerprint density at radius 3 is 3.16 bits per heavy atom. The molecule has 1 aliphatic rings. The van der Waals surface area contributed by atoms with Gasteiger partial charge in [0.05, 0.1) is 12.1 Å². The molecule has 2 atom stereocenters. The number of rotatable bonds is 4. The summed E-state index contributed by atoms with van der Waals surface area (Å²) in [6.45, 7) is 2.98. The summed E-state index contributed by atoms with van der Waals surface area (Å²) < 4.78 is 7.52. The SMILES string of the molecule is CC(Nc1cc(-n2ccnc2)ncn1)C1CCCO1. The van der Waals surface area contributed by atoms with Crippen LogP contribution in [0.1, 0.15) is 19.8 Å². The van der Waals surface area contributed by atoms with Gasteiger partial charge >= 0.3 is 0 Å². The van der Waals surface area contributed by atoms with Gasteiger partial charge < -0.3 is 10.1 Å². The van der Waals surface area contributed by atoms with Crippen molar-refractivity contribution in [2.45, 2.75) is 31.9 Å². The van der Waals surface area contributed by atoms with Crippen LogP contribution in [-0.4, -0.2) is 38.3 Å². The maximum absolute atomic E-state index is 5.67. The number of hydrogen-bond acceptors (Lipinski definition) is 5. The van der Waals surface area contributed by atoms with E-state index in [9.17, 15) is 0 Å². The third-order valence-electron chi connectivity index (χ3n) is 3.32. The van der Waals surface area contributed by atoms with E-state index in [-0.39, 0.29) is 12.1 Å². The summed E-state index contributed by atoms with van der Waals surface area (Å²) in [5.41, 5.74) is 0. The van der Waals surface area contributed by atoms with Crippen molar-refractivity contribution < 1.29 is 4.74 Å². The Morgan fingerprint density at radius 2 is 2.42 bits per heavy atom. The number of imidazole rings is 1. The molecular weight excluding hydrogens is 242 g/mol. The number of anilines is 1. The highest BCUT2D eigenvalue weighted by Crippen LogP contribution is 2.18. The number of nitrogens with one attached hydrogen (secondary N) is 1. The quantitative estimate of drug-likeness (QED) is 0.904. The minimum atomic E-state index is 0.244. The standard InChI is InChI=1S/C13H17N5O/c1-10(11-3-2-6-19-11)17-12-7-13(16-8-15-12)18-5-4-14-9-18/h4-5,7-11H,2-3,6H2,1H3,(H,15,16,17). The highest BCUT2D eigenvalue weighted by atomic mass is 16.5. The fraction of sp³-hybridized carbons (Fsp3) is 0.462. The first-order valence-electron chi connectivity index (χ1n) is 6.51. The second-order valence-electron chi connectivity index (χ2n) is 4.72. The van der Waals surface area contributed by atoms with Gasteiger partial charge in [-0.25, -0.2) is 15.0 Å². The molecule has 0 aromatic carbocycles. The van der Waals surface area contributed by atoms with Gasteiger partial charge in [-0.1, -0.05) is 0 Å². The third kappa shape index (κ3) is 2.73. The van der Waals surface area contributed by atoms with Gasteiger partial charge in [0.15, 0.2) is 0 Å². The van der Waals surface area contributed by atoms with Crippen molar-refractivity contribution in [2.75, 3.05) is 11.9 Å². The van der Waals surface area contributed by atoms with Gasteiger partial charge in [-0.3, -0.25) is 4.57 Å². The molecule has 2 unspecified atom stereocenters. The van der Waals surface area contributed by atoms with E-state index in [2.05, 4.69) is 27.2 Å². The molecule has 19 heavy (non-hydrogen) atoms. The zero-order valence-electron chi connectivity index (χ0n) is 10.9. The molecule has 0 bridgehead atoms. The van der Waals surface area contributed by atoms with Crippen molar-refractivity contribution >= 4 is 5.82 Å². The second-order valence-corrected chi connectivity index (χ2v) is 4.72. The van der Waals surface area contributed by atoms with E-state index in [1.54, 1.807) is 18.9 Å². The molecule has 1 saturated heterocycles. The fourth-order valence-electron chi connectivity index (χ4n) is 2.28. The van der Waals surface area contributed by atoms with E-state index >= 15 is 0 Å². The second kappa shape index (κ2) is 5.36. The Morgan fingerprint density at radius 1 is 1.47 bits per heavy atom. The van der Waals surface area contributed by atoms with E-state index in [1.165, 1.54) is 0 Å². The van der Waals surface area contributed by atoms with Gasteiger partial charge in [0.25, 0.3) is 0 Å². The molecule has 0 saturated carbocycles. The smallest absolute Gasteiger partial charge is 0.143 e. The molecule has 6 nitrogen and oxygen atoms in total. The Hall–Kier alpha value is -1.95. The highest BCUT2D eigenvalue weighted by Gasteiger charge is 2.22. The first-order chi connectivity index (χ1) is 9.33. The van der Waals surface area contributed by atoms with Crippen LogP contribution in [0.5, 0.6) is 0 Å². The Bertz CT molecular complexity index is 522. The summed E-state index contributed by atoms with van der Waals surface area (Å²) in [4.78, 5) is 12.5. The minimum absolute atomic E-state index is 0.244. The molecule has 3 rings (SSSR count). The molecule has 2 aromatic heterocycles. The maximum Gasteiger partial charge on any atom is 0.143 e. The normalized spacial score (nSPS) is 20.4.